The van der Waals surface area contributed by atoms with Gasteiger partial charge in [0.2, 0.25) is 0 Å². The zero-order chi connectivity index (χ0) is 38.4. The van der Waals surface area contributed by atoms with Gasteiger partial charge in [-0.15, -0.1) is 0 Å². The average molecular weight is 749 g/mol. The van der Waals surface area contributed by atoms with Crippen molar-refractivity contribution in [1.82, 2.24) is 0 Å². The van der Waals surface area contributed by atoms with Crippen LogP contribution in [0.25, 0.3) is 0 Å². The summed E-state index contributed by atoms with van der Waals surface area (Å²) in [5.41, 5.74) is 0.816. The minimum Gasteiger partial charge on any atom is -0.463 e. The van der Waals surface area contributed by atoms with Gasteiger partial charge in [0.1, 0.15) is 24.4 Å². The topological polar surface area (TPSA) is 124 Å². The van der Waals surface area contributed by atoms with Crippen molar-refractivity contribution in [2.75, 3.05) is 0 Å². The number of unbranched alkanes of at least 4 members (excludes halogenated alkanes) is 13. The summed E-state index contributed by atoms with van der Waals surface area (Å²) in [6, 6.07) is 0. The van der Waals surface area contributed by atoms with Gasteiger partial charge in [-0.25, -0.2) is 4.79 Å². The first-order valence-corrected chi connectivity index (χ1v) is 21.3. The minimum atomic E-state index is -0.423. The van der Waals surface area contributed by atoms with Gasteiger partial charge in [0, 0.05) is 26.3 Å². The van der Waals surface area contributed by atoms with Gasteiger partial charge in [-0.2, -0.15) is 0 Å². The number of esters is 4. The first-order valence-electron chi connectivity index (χ1n) is 21.3. The summed E-state index contributed by atoms with van der Waals surface area (Å²) in [6.07, 6.45) is 24.5. The molecule has 0 radical (unpaired) electrons. The van der Waals surface area contributed by atoms with Crippen LogP contribution in [0.2, 0.25) is 0 Å². The van der Waals surface area contributed by atoms with E-state index in [1.807, 2.05) is 13.0 Å². The van der Waals surface area contributed by atoms with Gasteiger partial charge in [0.05, 0.1) is 24.4 Å². The zero-order valence-corrected chi connectivity index (χ0v) is 33.7. The maximum absolute atomic E-state index is 12.1. The average Bonchev–Trinajstić information content (AvgIpc) is 3.86. The lowest BCUT2D eigenvalue weighted by Crippen LogP contribution is -2.36. The summed E-state index contributed by atoms with van der Waals surface area (Å²) in [5.74, 6) is -1.07. The highest BCUT2D eigenvalue weighted by Gasteiger charge is 2.43. The van der Waals surface area contributed by atoms with Crippen molar-refractivity contribution in [2.45, 2.75) is 238 Å². The van der Waals surface area contributed by atoms with Crippen LogP contribution in [0.4, 0.5) is 0 Å². The summed E-state index contributed by atoms with van der Waals surface area (Å²) < 4.78 is 35.5. The van der Waals surface area contributed by atoms with Crippen molar-refractivity contribution < 1.29 is 47.6 Å². The van der Waals surface area contributed by atoms with Crippen LogP contribution in [-0.4, -0.2) is 72.7 Å². The smallest absolute Gasteiger partial charge is 0.334 e. The first-order chi connectivity index (χ1) is 25.5. The molecule has 0 aromatic rings. The van der Waals surface area contributed by atoms with Crippen LogP contribution in [0.5, 0.6) is 0 Å². The van der Waals surface area contributed by atoms with Gasteiger partial charge in [0.25, 0.3) is 0 Å². The number of hydrogen-bond acceptors (Lipinski definition) is 10. The Morgan fingerprint density at radius 3 is 1.58 bits per heavy atom. The van der Waals surface area contributed by atoms with Crippen LogP contribution in [0.15, 0.2) is 11.6 Å². The summed E-state index contributed by atoms with van der Waals surface area (Å²) in [7, 11) is 0. The molecule has 3 rings (SSSR count). The number of carbonyl (C=O) groups is 4. The monoisotopic (exact) mass is 749 g/mol. The molecule has 3 aliphatic heterocycles. The Kier molecular flexibility index (Phi) is 21.7. The van der Waals surface area contributed by atoms with E-state index >= 15 is 0 Å². The predicted molar refractivity (Wildman–Crippen MR) is 204 cm³/mol. The third kappa shape index (κ3) is 18.2. The third-order valence-electron chi connectivity index (χ3n) is 11.0. The van der Waals surface area contributed by atoms with E-state index in [-0.39, 0.29) is 66.6 Å². The van der Waals surface area contributed by atoms with E-state index in [4.69, 9.17) is 28.4 Å². The fourth-order valence-corrected chi connectivity index (χ4v) is 8.25. The molecule has 0 bridgehead atoms. The largest absolute Gasteiger partial charge is 0.463 e. The highest BCUT2D eigenvalue weighted by atomic mass is 16.6. The van der Waals surface area contributed by atoms with Gasteiger partial charge in [-0.1, -0.05) is 84.0 Å². The number of cyclic esters (lactones) is 1. The van der Waals surface area contributed by atoms with Crippen LogP contribution in [0.3, 0.4) is 0 Å². The first kappa shape index (κ1) is 44.9. The second-order valence-corrected chi connectivity index (χ2v) is 15.8. The number of ether oxygens (including phenoxy) is 6. The van der Waals surface area contributed by atoms with E-state index in [2.05, 4.69) is 6.92 Å². The predicted octanol–water partition coefficient (Wildman–Crippen LogP) is 9.57. The molecule has 0 aliphatic carbocycles. The van der Waals surface area contributed by atoms with E-state index in [0.29, 0.717) is 12.8 Å². The van der Waals surface area contributed by atoms with Crippen LogP contribution >= 0.6 is 0 Å². The van der Waals surface area contributed by atoms with Crippen molar-refractivity contribution >= 4 is 23.9 Å². The maximum atomic E-state index is 12.1. The molecular formula is C43H72O10. The van der Waals surface area contributed by atoms with Crippen molar-refractivity contribution in [3.63, 3.8) is 0 Å². The molecule has 53 heavy (non-hydrogen) atoms. The van der Waals surface area contributed by atoms with Gasteiger partial charge in [-0.05, 0) is 90.0 Å². The van der Waals surface area contributed by atoms with Crippen molar-refractivity contribution in [3.05, 3.63) is 11.6 Å². The van der Waals surface area contributed by atoms with Crippen molar-refractivity contribution in [2.24, 2.45) is 0 Å². The summed E-state index contributed by atoms with van der Waals surface area (Å²) in [6.45, 7) is 8.47. The molecule has 0 spiro atoms. The van der Waals surface area contributed by atoms with Crippen LogP contribution in [0.1, 0.15) is 189 Å². The van der Waals surface area contributed by atoms with Gasteiger partial charge in [-0.3, -0.25) is 14.4 Å². The molecule has 0 saturated carbocycles. The van der Waals surface area contributed by atoms with Gasteiger partial charge >= 0.3 is 23.9 Å². The van der Waals surface area contributed by atoms with Crippen molar-refractivity contribution in [1.29, 1.82) is 0 Å². The Hall–Kier alpha value is -2.46. The number of rotatable bonds is 28. The highest BCUT2D eigenvalue weighted by Crippen LogP contribution is 2.36. The normalized spacial score (nSPS) is 24.4. The molecule has 0 amide bonds. The summed E-state index contributed by atoms with van der Waals surface area (Å²) in [4.78, 5) is 47.8. The molecule has 3 aliphatic rings. The standard InChI is InChI=1S/C43H72O10/c1-6-7-8-9-10-14-17-20-23-37(50-33(4)45)39-26-28-41(52-39)42-29-27-40(53-42)38(51-34(5)46)25-24-36(49-32(3)44)22-19-16-13-11-12-15-18-21-35-30-31(2)48-43(35)47/h30-31,36-42H,6-29H2,1-5H3/t31-,36?,37+,38+,39+,40+,41+,42+/m0/s1. The second kappa shape index (κ2) is 25.6. The molecule has 1 unspecified atom stereocenters. The second-order valence-electron chi connectivity index (χ2n) is 15.8. The molecule has 0 aromatic heterocycles. The molecule has 3 heterocycles. The van der Waals surface area contributed by atoms with Crippen molar-refractivity contribution in [3.8, 4) is 0 Å². The molecule has 10 heteroatoms. The summed E-state index contributed by atoms with van der Waals surface area (Å²) in [5, 5.41) is 0. The van der Waals surface area contributed by atoms with E-state index in [1.165, 1.54) is 59.3 Å². The summed E-state index contributed by atoms with van der Waals surface area (Å²) >= 11 is 0. The number of hydrogen-bond donors (Lipinski definition) is 0. The highest BCUT2D eigenvalue weighted by molar-refractivity contribution is 5.90. The lowest BCUT2D eigenvalue weighted by molar-refractivity contribution is -0.165. The van der Waals surface area contributed by atoms with E-state index in [0.717, 1.165) is 108 Å². The molecular weight excluding hydrogens is 676 g/mol. The quantitative estimate of drug-likeness (QED) is 0.0434. The lowest BCUT2D eigenvalue weighted by atomic mass is 9.98. The fourth-order valence-electron chi connectivity index (χ4n) is 8.25. The zero-order valence-electron chi connectivity index (χ0n) is 33.7. The Morgan fingerprint density at radius 1 is 0.623 bits per heavy atom. The van der Waals surface area contributed by atoms with Gasteiger partial charge < -0.3 is 28.4 Å². The van der Waals surface area contributed by atoms with Crippen LogP contribution in [0, 0.1) is 0 Å². The third-order valence-corrected chi connectivity index (χ3v) is 11.0. The molecule has 10 nitrogen and oxygen atoms in total. The number of carbonyl (C=O) groups excluding carboxylic acids is 4. The molecule has 8 atom stereocenters. The Labute approximate surface area is 320 Å². The fraction of sp³-hybridized carbons (Fsp3) is 0.860. The Morgan fingerprint density at radius 2 is 1.09 bits per heavy atom. The molecule has 2 fully saturated rings. The van der Waals surface area contributed by atoms with E-state index in [9.17, 15) is 19.2 Å². The minimum absolute atomic E-state index is 0.0827. The van der Waals surface area contributed by atoms with E-state index in [1.54, 1.807) is 0 Å². The van der Waals surface area contributed by atoms with Gasteiger partial charge in [0.15, 0.2) is 0 Å². The van der Waals surface area contributed by atoms with Crippen LogP contribution < -0.4 is 0 Å². The molecule has 304 valence electrons. The van der Waals surface area contributed by atoms with E-state index < -0.39 is 6.10 Å². The maximum Gasteiger partial charge on any atom is 0.334 e. The molecule has 2 saturated heterocycles. The van der Waals surface area contributed by atoms with Crippen LogP contribution in [-0.2, 0) is 47.6 Å². The lowest BCUT2D eigenvalue weighted by Gasteiger charge is -2.28. The molecule has 0 N–H and O–H groups in total. The Bertz CT molecular complexity index is 1120. The molecule has 0 aromatic carbocycles. The SMILES string of the molecule is CCCCCCCCCC[C@@H](OC(C)=O)[C@H]1CC[C@H]([C@H]2CC[C@H]([C@@H](CCC(CCCCCCCCCC3=C[C@H](C)OC3=O)OC(C)=O)OC(C)=O)O2)O1. The Balaban J connectivity index is 1.38.